The van der Waals surface area contributed by atoms with Crippen LogP contribution in [-0.2, 0) is 36.7 Å². The number of hydrogen-bond acceptors (Lipinski definition) is 7. The fraction of sp³-hybridized carbons (Fsp3) is 0.652. The highest BCUT2D eigenvalue weighted by Gasteiger charge is 2.32. The Morgan fingerprint density at radius 3 is 2.62 bits per heavy atom. The highest BCUT2D eigenvalue weighted by Crippen LogP contribution is 2.38. The molecule has 0 bridgehead atoms. The minimum atomic E-state index is -1.02. The number of ether oxygens (including phenoxy) is 2. The lowest BCUT2D eigenvalue weighted by atomic mass is 9.95. The first-order valence-electron chi connectivity index (χ1n) is 11.5. The maximum atomic E-state index is 12.8. The summed E-state index contributed by atoms with van der Waals surface area (Å²) in [6.45, 7) is 6.28. The molecule has 2 aliphatic rings. The van der Waals surface area contributed by atoms with E-state index in [-0.39, 0.29) is 12.5 Å². The molecule has 1 saturated heterocycles. The number of carbonyl (C=O) groups excluding carboxylic acids is 4. The second kappa shape index (κ2) is 10.9. The smallest absolute Gasteiger partial charge is 0.341 e. The molecule has 0 aromatic carbocycles. The summed E-state index contributed by atoms with van der Waals surface area (Å²) in [6.07, 6.45) is 4.45. The number of aryl methyl sites for hydroxylation is 1. The maximum Gasteiger partial charge on any atom is 0.341 e. The van der Waals surface area contributed by atoms with Gasteiger partial charge in [0.1, 0.15) is 5.00 Å². The topological polar surface area (TPSA) is 102 Å². The largest absolute Gasteiger partial charge is 0.462 e. The van der Waals surface area contributed by atoms with Gasteiger partial charge in [-0.25, -0.2) is 4.79 Å². The summed E-state index contributed by atoms with van der Waals surface area (Å²) in [6, 6.07) is 0. The highest BCUT2D eigenvalue weighted by atomic mass is 32.1. The Bertz CT molecular complexity index is 880. The fourth-order valence-corrected chi connectivity index (χ4v) is 5.51. The lowest BCUT2D eigenvalue weighted by Crippen LogP contribution is -2.43. The molecule has 3 rings (SSSR count). The molecule has 0 radical (unpaired) electrons. The highest BCUT2D eigenvalue weighted by molar-refractivity contribution is 7.17. The molecule has 1 N–H and O–H groups in total. The molecule has 9 heteroatoms. The van der Waals surface area contributed by atoms with E-state index in [2.05, 4.69) is 5.32 Å². The first-order valence-corrected chi connectivity index (χ1v) is 12.3. The van der Waals surface area contributed by atoms with Gasteiger partial charge in [0, 0.05) is 24.4 Å². The number of piperidine rings is 1. The average molecular weight is 465 g/mol. The van der Waals surface area contributed by atoms with Crippen molar-refractivity contribution in [2.24, 2.45) is 5.92 Å². The van der Waals surface area contributed by atoms with Crippen LogP contribution in [0.2, 0.25) is 0 Å². The maximum absolute atomic E-state index is 12.8. The quantitative estimate of drug-likeness (QED) is 0.621. The van der Waals surface area contributed by atoms with Gasteiger partial charge in [-0.15, -0.1) is 11.3 Å². The summed E-state index contributed by atoms with van der Waals surface area (Å²) in [7, 11) is 0. The summed E-state index contributed by atoms with van der Waals surface area (Å²) < 4.78 is 10.7. The lowest BCUT2D eigenvalue weighted by molar-refractivity contribution is -0.159. The molecule has 8 nitrogen and oxygen atoms in total. The molecule has 1 aliphatic carbocycles. The van der Waals surface area contributed by atoms with Crippen molar-refractivity contribution in [3.05, 3.63) is 16.0 Å². The molecule has 1 fully saturated rings. The van der Waals surface area contributed by atoms with Gasteiger partial charge in [0.05, 0.1) is 18.1 Å². The predicted molar refractivity (Wildman–Crippen MR) is 121 cm³/mol. The number of amides is 2. The second-order valence-electron chi connectivity index (χ2n) is 8.24. The van der Waals surface area contributed by atoms with Gasteiger partial charge in [-0.3, -0.25) is 14.4 Å². The summed E-state index contributed by atoms with van der Waals surface area (Å²) in [5, 5.41) is 3.25. The number of fused-ring (bicyclic) bond motifs is 1. The van der Waals surface area contributed by atoms with E-state index in [1.807, 2.05) is 0 Å². The number of hydrogen-bond donors (Lipinski definition) is 1. The van der Waals surface area contributed by atoms with E-state index in [0.29, 0.717) is 36.5 Å². The van der Waals surface area contributed by atoms with Crippen LogP contribution in [0.5, 0.6) is 0 Å². The van der Waals surface area contributed by atoms with E-state index < -0.39 is 29.9 Å². The van der Waals surface area contributed by atoms with E-state index in [9.17, 15) is 19.2 Å². The molecular formula is C23H32N2O6S. The van der Waals surface area contributed by atoms with Gasteiger partial charge in [0.25, 0.3) is 5.91 Å². The minimum Gasteiger partial charge on any atom is -0.462 e. The Hall–Kier alpha value is -2.42. The van der Waals surface area contributed by atoms with Gasteiger partial charge in [0.15, 0.2) is 6.10 Å². The zero-order valence-electron chi connectivity index (χ0n) is 19.0. The van der Waals surface area contributed by atoms with E-state index in [4.69, 9.17) is 9.47 Å². The van der Waals surface area contributed by atoms with E-state index >= 15 is 0 Å². The van der Waals surface area contributed by atoms with Crippen LogP contribution in [0.15, 0.2) is 0 Å². The Morgan fingerprint density at radius 1 is 1.16 bits per heavy atom. The Morgan fingerprint density at radius 2 is 1.91 bits per heavy atom. The van der Waals surface area contributed by atoms with Crippen LogP contribution in [0.25, 0.3) is 0 Å². The summed E-state index contributed by atoms with van der Waals surface area (Å²) in [5.74, 6) is -1.81. The number of thiophene rings is 1. The third-order valence-corrected chi connectivity index (χ3v) is 7.17. The van der Waals surface area contributed by atoms with Crippen LogP contribution in [0, 0.1) is 5.92 Å². The fourth-order valence-electron chi connectivity index (χ4n) is 4.23. The van der Waals surface area contributed by atoms with Gasteiger partial charge in [0.2, 0.25) is 5.91 Å². The van der Waals surface area contributed by atoms with Crippen molar-refractivity contribution < 1.29 is 28.7 Å². The first-order chi connectivity index (χ1) is 15.3. The summed E-state index contributed by atoms with van der Waals surface area (Å²) in [4.78, 5) is 52.7. The molecular weight excluding hydrogens is 432 g/mol. The molecule has 1 aromatic heterocycles. The van der Waals surface area contributed by atoms with Crippen molar-refractivity contribution in [1.29, 1.82) is 0 Å². The van der Waals surface area contributed by atoms with Crippen molar-refractivity contribution in [2.75, 3.05) is 25.0 Å². The van der Waals surface area contributed by atoms with Gasteiger partial charge < -0.3 is 19.7 Å². The molecule has 2 atom stereocenters. The van der Waals surface area contributed by atoms with Crippen LogP contribution in [0.1, 0.15) is 73.7 Å². The van der Waals surface area contributed by atoms with Gasteiger partial charge in [-0.05, 0) is 57.9 Å². The van der Waals surface area contributed by atoms with Crippen LogP contribution < -0.4 is 5.32 Å². The molecule has 176 valence electrons. The van der Waals surface area contributed by atoms with Gasteiger partial charge in [-0.1, -0.05) is 6.92 Å². The molecule has 2 amide bonds. The molecule has 1 aromatic rings. The van der Waals surface area contributed by atoms with Crippen LogP contribution in [-0.4, -0.2) is 54.5 Å². The van der Waals surface area contributed by atoms with E-state index in [1.165, 1.54) is 18.3 Å². The number of carbonyl (C=O) groups is 4. The number of esters is 2. The molecule has 1 aliphatic heterocycles. The lowest BCUT2D eigenvalue weighted by Gasteiger charge is -2.31. The Balaban J connectivity index is 1.65. The van der Waals surface area contributed by atoms with Crippen molar-refractivity contribution >= 4 is 40.1 Å². The second-order valence-corrected chi connectivity index (χ2v) is 9.34. The Kier molecular flexibility index (Phi) is 8.28. The zero-order chi connectivity index (χ0) is 23.3. The molecule has 0 saturated carbocycles. The van der Waals surface area contributed by atoms with Crippen LogP contribution >= 0.6 is 11.3 Å². The number of rotatable bonds is 7. The van der Waals surface area contributed by atoms with E-state index in [0.717, 1.165) is 42.5 Å². The third kappa shape index (κ3) is 5.49. The minimum absolute atomic E-state index is 0.0152. The summed E-state index contributed by atoms with van der Waals surface area (Å²) >= 11 is 1.40. The molecule has 32 heavy (non-hydrogen) atoms. The molecule has 2 heterocycles. The standard InChI is InChI=1S/C23H32N2O6S/c1-4-18(26)25-12-8-9-15(13-25)22(28)31-14(3)20(27)24-21-19(23(29)30-5-2)16-10-6-7-11-17(16)32-21/h14-15H,4-13H2,1-3H3,(H,24,27). The van der Waals surface area contributed by atoms with Crippen molar-refractivity contribution in [3.8, 4) is 0 Å². The zero-order valence-corrected chi connectivity index (χ0v) is 19.8. The van der Waals surface area contributed by atoms with Gasteiger partial charge >= 0.3 is 11.9 Å². The molecule has 0 spiro atoms. The number of anilines is 1. The van der Waals surface area contributed by atoms with E-state index in [1.54, 1.807) is 18.7 Å². The number of likely N-dealkylation sites (tertiary alicyclic amines) is 1. The van der Waals surface area contributed by atoms with Crippen LogP contribution in [0.3, 0.4) is 0 Å². The van der Waals surface area contributed by atoms with Crippen molar-refractivity contribution in [2.45, 2.75) is 71.8 Å². The molecule has 2 unspecified atom stereocenters. The van der Waals surface area contributed by atoms with Crippen molar-refractivity contribution in [3.63, 3.8) is 0 Å². The summed E-state index contributed by atoms with van der Waals surface area (Å²) in [5.41, 5.74) is 1.39. The Labute approximate surface area is 192 Å². The average Bonchev–Trinajstić information content (AvgIpc) is 3.16. The first kappa shape index (κ1) is 24.2. The third-order valence-electron chi connectivity index (χ3n) is 5.96. The predicted octanol–water partition coefficient (Wildman–Crippen LogP) is 3.32. The SMILES string of the molecule is CCOC(=O)c1c(NC(=O)C(C)OC(=O)C2CCCN(C(=O)CC)C2)sc2c1CCCC2. The van der Waals surface area contributed by atoms with Gasteiger partial charge in [-0.2, -0.15) is 0 Å². The van der Waals surface area contributed by atoms with Crippen molar-refractivity contribution in [1.82, 2.24) is 4.90 Å². The normalized spacial score (nSPS) is 19.0. The number of nitrogens with zero attached hydrogens (tertiary/aromatic N) is 1. The number of nitrogens with one attached hydrogen (secondary N) is 1. The van der Waals surface area contributed by atoms with Crippen LogP contribution in [0.4, 0.5) is 5.00 Å². The monoisotopic (exact) mass is 464 g/mol.